The summed E-state index contributed by atoms with van der Waals surface area (Å²) in [5, 5.41) is 3.61. The maximum absolute atomic E-state index is 12.5. The highest BCUT2D eigenvalue weighted by molar-refractivity contribution is 14.0. The summed E-state index contributed by atoms with van der Waals surface area (Å²) in [5.41, 5.74) is 0.429. The van der Waals surface area contributed by atoms with Crippen LogP contribution in [0.25, 0.3) is 0 Å². The molecule has 1 amide bonds. The number of piperazine rings is 1. The van der Waals surface area contributed by atoms with E-state index >= 15 is 0 Å². The van der Waals surface area contributed by atoms with E-state index in [-0.39, 0.29) is 24.0 Å². The van der Waals surface area contributed by atoms with Crippen molar-refractivity contribution < 1.29 is 4.79 Å². The van der Waals surface area contributed by atoms with E-state index in [2.05, 4.69) is 31.9 Å². The minimum Gasteiger partial charge on any atom is -0.356 e. The zero-order valence-corrected chi connectivity index (χ0v) is 19.5. The van der Waals surface area contributed by atoms with Crippen molar-refractivity contribution in [3.8, 4) is 0 Å². The van der Waals surface area contributed by atoms with Gasteiger partial charge < -0.3 is 15.1 Å². The number of nitrogens with one attached hydrogen (secondary N) is 1. The molecule has 0 aromatic heterocycles. The minimum absolute atomic E-state index is 0. The molecule has 0 aromatic rings. The molecule has 156 valence electrons. The van der Waals surface area contributed by atoms with Gasteiger partial charge in [-0.3, -0.25) is 14.7 Å². The molecule has 6 nitrogen and oxygen atoms in total. The highest BCUT2D eigenvalue weighted by Crippen LogP contribution is 2.36. The third-order valence-corrected chi connectivity index (χ3v) is 6.44. The zero-order chi connectivity index (χ0) is 18.4. The Balaban J connectivity index is 0.00000261. The van der Waals surface area contributed by atoms with Gasteiger partial charge in [0.2, 0.25) is 5.91 Å². The Kier molecular flexibility index (Phi) is 9.11. The molecule has 3 fully saturated rings. The normalized spacial score (nSPS) is 23.9. The van der Waals surface area contributed by atoms with Crippen molar-refractivity contribution in [1.29, 1.82) is 0 Å². The van der Waals surface area contributed by atoms with E-state index in [9.17, 15) is 4.79 Å². The third kappa shape index (κ3) is 6.48. The minimum atomic E-state index is 0. The SMILES string of the molecule is CN=C(NCC1(C)CCCC1)N1CCN(CC(=O)N2CCCCC2)CC1.I. The smallest absolute Gasteiger partial charge is 0.236 e. The molecule has 1 aliphatic carbocycles. The lowest BCUT2D eigenvalue weighted by Crippen LogP contribution is -2.55. The Morgan fingerprint density at radius 2 is 1.56 bits per heavy atom. The second-order valence-electron chi connectivity index (χ2n) is 8.62. The molecule has 1 saturated carbocycles. The van der Waals surface area contributed by atoms with Gasteiger partial charge in [-0.25, -0.2) is 0 Å². The van der Waals surface area contributed by atoms with E-state index in [1.807, 2.05) is 7.05 Å². The second-order valence-corrected chi connectivity index (χ2v) is 8.62. The summed E-state index contributed by atoms with van der Waals surface area (Å²) in [6, 6.07) is 0. The summed E-state index contributed by atoms with van der Waals surface area (Å²) in [6.07, 6.45) is 8.97. The monoisotopic (exact) mass is 491 g/mol. The zero-order valence-electron chi connectivity index (χ0n) is 17.2. The van der Waals surface area contributed by atoms with Crippen molar-refractivity contribution in [3.05, 3.63) is 0 Å². The van der Waals surface area contributed by atoms with Crippen LogP contribution in [0.1, 0.15) is 51.9 Å². The second kappa shape index (κ2) is 10.8. The number of aliphatic imine (C=N–C) groups is 1. The number of guanidine groups is 1. The maximum atomic E-state index is 12.5. The third-order valence-electron chi connectivity index (χ3n) is 6.44. The van der Waals surface area contributed by atoms with E-state index in [0.29, 0.717) is 17.9 Å². The first-order valence-electron chi connectivity index (χ1n) is 10.6. The van der Waals surface area contributed by atoms with Crippen LogP contribution in [0.3, 0.4) is 0 Å². The van der Waals surface area contributed by atoms with Crippen LogP contribution in [0, 0.1) is 5.41 Å². The van der Waals surface area contributed by atoms with Gasteiger partial charge in [0.05, 0.1) is 6.54 Å². The molecule has 3 aliphatic rings. The number of nitrogens with zero attached hydrogens (tertiary/aromatic N) is 4. The molecule has 0 aromatic carbocycles. The fourth-order valence-electron chi connectivity index (χ4n) is 4.58. The fraction of sp³-hybridized carbons (Fsp3) is 0.900. The van der Waals surface area contributed by atoms with Crippen LogP contribution in [0.2, 0.25) is 0 Å². The molecule has 0 bridgehead atoms. The van der Waals surface area contributed by atoms with E-state index in [0.717, 1.165) is 51.8 Å². The van der Waals surface area contributed by atoms with E-state index in [1.54, 1.807) is 0 Å². The predicted molar refractivity (Wildman–Crippen MR) is 122 cm³/mol. The first-order valence-corrected chi connectivity index (χ1v) is 10.6. The molecule has 7 heteroatoms. The van der Waals surface area contributed by atoms with Crippen LogP contribution in [-0.4, -0.2) is 86.0 Å². The Bertz CT molecular complexity index is 493. The first-order chi connectivity index (χ1) is 12.6. The van der Waals surface area contributed by atoms with Gasteiger partial charge in [-0.2, -0.15) is 0 Å². The maximum Gasteiger partial charge on any atom is 0.236 e. The lowest BCUT2D eigenvalue weighted by molar-refractivity contribution is -0.133. The number of rotatable bonds is 4. The molecule has 0 radical (unpaired) electrons. The highest BCUT2D eigenvalue weighted by Gasteiger charge is 2.30. The van der Waals surface area contributed by atoms with Crippen molar-refractivity contribution in [2.75, 3.05) is 59.4 Å². The standard InChI is InChI=1S/C20H37N5O.HI/c1-20(8-4-5-9-20)17-22-19(21-2)25-14-12-23(13-15-25)16-18(26)24-10-6-3-7-11-24;/h3-17H2,1-2H3,(H,21,22);1H. The molecule has 2 aliphatic heterocycles. The summed E-state index contributed by atoms with van der Waals surface area (Å²) in [7, 11) is 1.88. The summed E-state index contributed by atoms with van der Waals surface area (Å²) in [5.74, 6) is 1.34. The molecular formula is C20H38IN5O. The van der Waals surface area contributed by atoms with E-state index < -0.39 is 0 Å². The molecule has 0 unspecified atom stereocenters. The Morgan fingerprint density at radius 1 is 0.926 bits per heavy atom. The number of amides is 1. The Morgan fingerprint density at radius 3 is 2.15 bits per heavy atom. The van der Waals surface area contributed by atoms with Gasteiger partial charge in [-0.15, -0.1) is 24.0 Å². The van der Waals surface area contributed by atoms with Crippen LogP contribution in [-0.2, 0) is 4.79 Å². The van der Waals surface area contributed by atoms with Gasteiger partial charge in [0.1, 0.15) is 0 Å². The van der Waals surface area contributed by atoms with Crippen molar-refractivity contribution in [2.45, 2.75) is 51.9 Å². The van der Waals surface area contributed by atoms with Crippen LogP contribution in [0.5, 0.6) is 0 Å². The lowest BCUT2D eigenvalue weighted by atomic mass is 9.89. The van der Waals surface area contributed by atoms with E-state index in [4.69, 9.17) is 0 Å². The predicted octanol–water partition coefficient (Wildman–Crippen LogP) is 2.39. The summed E-state index contributed by atoms with van der Waals surface area (Å²) >= 11 is 0. The van der Waals surface area contributed by atoms with Gasteiger partial charge in [-0.05, 0) is 37.5 Å². The number of carbonyl (C=O) groups excluding carboxylic acids is 1. The summed E-state index contributed by atoms with van der Waals surface area (Å²) in [6.45, 7) is 9.68. The van der Waals surface area contributed by atoms with E-state index in [1.165, 1.54) is 44.9 Å². The summed E-state index contributed by atoms with van der Waals surface area (Å²) < 4.78 is 0. The van der Waals surface area contributed by atoms with Crippen LogP contribution in [0.15, 0.2) is 4.99 Å². The molecular weight excluding hydrogens is 453 g/mol. The van der Waals surface area contributed by atoms with Gasteiger partial charge in [0.15, 0.2) is 5.96 Å². The van der Waals surface area contributed by atoms with Crippen molar-refractivity contribution >= 4 is 35.8 Å². The molecule has 2 saturated heterocycles. The highest BCUT2D eigenvalue weighted by atomic mass is 127. The van der Waals surface area contributed by atoms with Crippen LogP contribution < -0.4 is 5.32 Å². The molecule has 27 heavy (non-hydrogen) atoms. The Hall–Kier alpha value is -0.570. The topological polar surface area (TPSA) is 51.2 Å². The van der Waals surface area contributed by atoms with Gasteiger partial charge >= 0.3 is 0 Å². The Labute approximate surface area is 182 Å². The average Bonchev–Trinajstić information content (AvgIpc) is 3.11. The van der Waals surface area contributed by atoms with Crippen LogP contribution in [0.4, 0.5) is 0 Å². The van der Waals surface area contributed by atoms with Gasteiger partial charge in [0.25, 0.3) is 0 Å². The fourth-order valence-corrected chi connectivity index (χ4v) is 4.58. The molecule has 1 N–H and O–H groups in total. The van der Waals surface area contributed by atoms with Crippen molar-refractivity contribution in [3.63, 3.8) is 0 Å². The van der Waals surface area contributed by atoms with Gasteiger partial charge in [0, 0.05) is 52.9 Å². The van der Waals surface area contributed by atoms with Crippen LogP contribution >= 0.6 is 24.0 Å². The number of carbonyl (C=O) groups is 1. The average molecular weight is 491 g/mol. The number of piperidine rings is 1. The molecule has 0 spiro atoms. The first kappa shape index (κ1) is 22.7. The van der Waals surface area contributed by atoms with Crippen molar-refractivity contribution in [2.24, 2.45) is 10.4 Å². The lowest BCUT2D eigenvalue weighted by Gasteiger charge is -2.38. The quantitative estimate of drug-likeness (QED) is 0.373. The number of likely N-dealkylation sites (tertiary alicyclic amines) is 1. The number of hydrogen-bond acceptors (Lipinski definition) is 3. The number of hydrogen-bond donors (Lipinski definition) is 1. The van der Waals surface area contributed by atoms with Crippen molar-refractivity contribution in [1.82, 2.24) is 20.0 Å². The summed E-state index contributed by atoms with van der Waals surface area (Å²) in [4.78, 5) is 23.7. The molecule has 3 rings (SSSR count). The largest absolute Gasteiger partial charge is 0.356 e. The molecule has 2 heterocycles. The molecule has 0 atom stereocenters. The van der Waals surface area contributed by atoms with Gasteiger partial charge in [-0.1, -0.05) is 19.8 Å². The number of halogens is 1.